The minimum Gasteiger partial charge on any atom is -0.309 e. The number of benzene rings is 1. The van der Waals surface area contributed by atoms with Crippen molar-refractivity contribution < 1.29 is 0 Å². The van der Waals surface area contributed by atoms with E-state index in [1.165, 1.54) is 16.9 Å². The molecule has 1 heterocycles. The molecule has 108 valence electrons. The van der Waals surface area contributed by atoms with Gasteiger partial charge in [0.2, 0.25) is 0 Å². The number of hydrogen-bond acceptors (Lipinski definition) is 3. The zero-order valence-corrected chi connectivity index (χ0v) is 13.1. The van der Waals surface area contributed by atoms with E-state index in [2.05, 4.69) is 54.7 Å². The molecule has 0 aliphatic carbocycles. The molecule has 1 aromatic carbocycles. The summed E-state index contributed by atoms with van der Waals surface area (Å²) in [6.07, 6.45) is 4.08. The van der Waals surface area contributed by atoms with Crippen LogP contribution < -0.4 is 5.32 Å². The van der Waals surface area contributed by atoms with Gasteiger partial charge in [-0.1, -0.05) is 37.3 Å². The van der Waals surface area contributed by atoms with E-state index in [1.807, 2.05) is 28.7 Å². The molecule has 1 atom stereocenters. The van der Waals surface area contributed by atoms with Crippen LogP contribution in [0.2, 0.25) is 0 Å². The highest BCUT2D eigenvalue weighted by Crippen LogP contribution is 2.05. The summed E-state index contributed by atoms with van der Waals surface area (Å²) in [5, 5.41) is 7.96. The van der Waals surface area contributed by atoms with Crippen molar-refractivity contribution in [1.82, 2.24) is 15.1 Å². The van der Waals surface area contributed by atoms with Crippen LogP contribution in [0.4, 0.5) is 0 Å². The van der Waals surface area contributed by atoms with Crippen LogP contribution in [0.25, 0.3) is 0 Å². The molecule has 0 amide bonds. The van der Waals surface area contributed by atoms with Crippen molar-refractivity contribution in [2.45, 2.75) is 33.0 Å². The van der Waals surface area contributed by atoms with Gasteiger partial charge in [0.25, 0.3) is 0 Å². The molecule has 0 bridgehead atoms. The molecule has 0 radical (unpaired) electrons. The quantitative estimate of drug-likeness (QED) is 0.809. The van der Waals surface area contributed by atoms with Crippen LogP contribution >= 0.6 is 11.8 Å². The Morgan fingerprint density at radius 1 is 1.25 bits per heavy atom. The van der Waals surface area contributed by atoms with Gasteiger partial charge in [0.05, 0.1) is 12.7 Å². The van der Waals surface area contributed by atoms with Crippen molar-refractivity contribution in [2.75, 3.05) is 11.5 Å². The van der Waals surface area contributed by atoms with Crippen molar-refractivity contribution in [3.8, 4) is 0 Å². The third-order valence-corrected chi connectivity index (χ3v) is 4.24. The summed E-state index contributed by atoms with van der Waals surface area (Å²) >= 11 is 1.98. The zero-order chi connectivity index (χ0) is 14.2. The third kappa shape index (κ3) is 5.02. The molecular weight excluding hydrogens is 266 g/mol. The van der Waals surface area contributed by atoms with Crippen LogP contribution in [0.15, 0.2) is 42.7 Å². The molecule has 0 saturated carbocycles. The summed E-state index contributed by atoms with van der Waals surface area (Å²) in [5.74, 6) is 2.34. The van der Waals surface area contributed by atoms with E-state index >= 15 is 0 Å². The average Bonchev–Trinajstić information content (AvgIpc) is 2.91. The van der Waals surface area contributed by atoms with Crippen molar-refractivity contribution in [3.63, 3.8) is 0 Å². The number of aromatic nitrogens is 2. The Balaban J connectivity index is 1.80. The second-order valence-electron chi connectivity index (χ2n) is 4.97. The Morgan fingerprint density at radius 2 is 2.05 bits per heavy atom. The summed E-state index contributed by atoms with van der Waals surface area (Å²) in [6, 6.07) is 11.0. The lowest BCUT2D eigenvalue weighted by atomic mass is 10.2. The first kappa shape index (κ1) is 15.1. The maximum absolute atomic E-state index is 4.42. The predicted octanol–water partition coefficient (Wildman–Crippen LogP) is 3.16. The highest BCUT2D eigenvalue weighted by Gasteiger charge is 2.03. The molecule has 2 rings (SSSR count). The smallest absolute Gasteiger partial charge is 0.0659 e. The molecule has 0 aliphatic rings. The summed E-state index contributed by atoms with van der Waals surface area (Å²) < 4.78 is 2.00. The maximum atomic E-state index is 4.42. The standard InChI is InChI=1S/C16H23N3S/c1-3-20-13-14(2)17-9-16-10-18-19(12-16)11-15-7-5-4-6-8-15/h4-8,10,12,14,17H,3,9,11,13H2,1-2H3. The van der Waals surface area contributed by atoms with Crippen molar-refractivity contribution >= 4 is 11.8 Å². The lowest BCUT2D eigenvalue weighted by Crippen LogP contribution is -2.27. The van der Waals surface area contributed by atoms with E-state index in [9.17, 15) is 0 Å². The van der Waals surface area contributed by atoms with Crippen LogP contribution in [0.3, 0.4) is 0 Å². The molecule has 2 aromatic rings. The molecule has 1 N–H and O–H groups in total. The van der Waals surface area contributed by atoms with Gasteiger partial charge in [0.15, 0.2) is 0 Å². The SMILES string of the molecule is CCSCC(C)NCc1cnn(Cc2ccccc2)c1. The Hall–Kier alpha value is -1.26. The largest absolute Gasteiger partial charge is 0.309 e. The van der Waals surface area contributed by atoms with Crippen molar-refractivity contribution in [1.29, 1.82) is 0 Å². The summed E-state index contributed by atoms with van der Waals surface area (Å²) in [6.45, 7) is 6.16. The first-order valence-electron chi connectivity index (χ1n) is 7.14. The van der Waals surface area contributed by atoms with Gasteiger partial charge in [-0.15, -0.1) is 0 Å². The van der Waals surface area contributed by atoms with Gasteiger partial charge >= 0.3 is 0 Å². The Labute approximate surface area is 125 Å². The van der Waals surface area contributed by atoms with Gasteiger partial charge < -0.3 is 5.32 Å². The van der Waals surface area contributed by atoms with Gasteiger partial charge in [0.1, 0.15) is 0 Å². The fourth-order valence-corrected chi connectivity index (χ4v) is 2.71. The Kier molecular flexibility index (Phi) is 6.15. The molecule has 0 spiro atoms. The number of rotatable bonds is 8. The van der Waals surface area contributed by atoms with Crippen LogP contribution in [-0.2, 0) is 13.1 Å². The van der Waals surface area contributed by atoms with E-state index in [0.717, 1.165) is 18.8 Å². The van der Waals surface area contributed by atoms with E-state index < -0.39 is 0 Å². The fraction of sp³-hybridized carbons (Fsp3) is 0.438. The van der Waals surface area contributed by atoms with Gasteiger partial charge in [0, 0.05) is 30.1 Å². The van der Waals surface area contributed by atoms with Gasteiger partial charge in [-0.25, -0.2) is 0 Å². The Morgan fingerprint density at radius 3 is 2.80 bits per heavy atom. The van der Waals surface area contributed by atoms with Crippen molar-refractivity contribution in [2.24, 2.45) is 0 Å². The maximum Gasteiger partial charge on any atom is 0.0659 e. The molecule has 3 nitrogen and oxygen atoms in total. The highest BCUT2D eigenvalue weighted by molar-refractivity contribution is 7.99. The molecule has 0 fully saturated rings. The minimum atomic E-state index is 0.539. The Bertz CT molecular complexity index is 495. The van der Waals surface area contributed by atoms with Crippen LogP contribution in [0.5, 0.6) is 0 Å². The molecule has 1 aromatic heterocycles. The van der Waals surface area contributed by atoms with E-state index in [-0.39, 0.29) is 0 Å². The van der Waals surface area contributed by atoms with E-state index in [1.54, 1.807) is 0 Å². The monoisotopic (exact) mass is 289 g/mol. The normalized spacial score (nSPS) is 12.5. The van der Waals surface area contributed by atoms with Gasteiger partial charge in [-0.3, -0.25) is 4.68 Å². The second-order valence-corrected chi connectivity index (χ2v) is 6.29. The van der Waals surface area contributed by atoms with Crippen LogP contribution in [0.1, 0.15) is 25.0 Å². The number of hydrogen-bond donors (Lipinski definition) is 1. The predicted molar refractivity (Wildman–Crippen MR) is 87.1 cm³/mol. The molecular formula is C16H23N3S. The van der Waals surface area contributed by atoms with Crippen LogP contribution in [0, 0.1) is 0 Å². The summed E-state index contributed by atoms with van der Waals surface area (Å²) in [5.41, 5.74) is 2.53. The van der Waals surface area contributed by atoms with Gasteiger partial charge in [-0.05, 0) is 18.2 Å². The summed E-state index contributed by atoms with van der Waals surface area (Å²) in [4.78, 5) is 0. The lowest BCUT2D eigenvalue weighted by Gasteiger charge is -2.11. The summed E-state index contributed by atoms with van der Waals surface area (Å²) in [7, 11) is 0. The first-order chi connectivity index (χ1) is 9.78. The molecule has 0 saturated heterocycles. The molecule has 1 unspecified atom stereocenters. The molecule has 0 aliphatic heterocycles. The van der Waals surface area contributed by atoms with E-state index in [4.69, 9.17) is 0 Å². The zero-order valence-electron chi connectivity index (χ0n) is 12.2. The topological polar surface area (TPSA) is 29.9 Å². The second kappa shape index (κ2) is 8.12. The van der Waals surface area contributed by atoms with E-state index in [0.29, 0.717) is 6.04 Å². The molecule has 20 heavy (non-hydrogen) atoms. The number of thioether (sulfide) groups is 1. The molecule has 4 heteroatoms. The minimum absolute atomic E-state index is 0.539. The first-order valence-corrected chi connectivity index (χ1v) is 8.29. The number of nitrogens with zero attached hydrogens (tertiary/aromatic N) is 2. The average molecular weight is 289 g/mol. The lowest BCUT2D eigenvalue weighted by molar-refractivity contribution is 0.595. The fourth-order valence-electron chi connectivity index (χ4n) is 2.00. The number of nitrogens with one attached hydrogen (secondary N) is 1. The van der Waals surface area contributed by atoms with Gasteiger partial charge in [-0.2, -0.15) is 16.9 Å². The van der Waals surface area contributed by atoms with Crippen LogP contribution in [-0.4, -0.2) is 27.3 Å². The third-order valence-electron chi connectivity index (χ3n) is 3.10. The highest BCUT2D eigenvalue weighted by atomic mass is 32.2. The van der Waals surface area contributed by atoms with Crippen molar-refractivity contribution in [3.05, 3.63) is 53.9 Å².